The van der Waals surface area contributed by atoms with Gasteiger partial charge in [-0.15, -0.1) is 0 Å². The largest absolute Gasteiger partial charge is 0.461 e. The molecular weight excluding hydrogens is 452 g/mol. The summed E-state index contributed by atoms with van der Waals surface area (Å²) in [4.78, 5) is 22.0. The molecule has 0 aliphatic heterocycles. The molecule has 0 N–H and O–H groups in total. The predicted octanol–water partition coefficient (Wildman–Crippen LogP) is 6.53. The monoisotopic (exact) mass is 469 g/mol. The van der Waals surface area contributed by atoms with Crippen LogP contribution >= 0.6 is 23.2 Å². The van der Waals surface area contributed by atoms with Crippen molar-refractivity contribution < 1.29 is 13.9 Å². The molecule has 0 atom stereocenters. The third-order valence-electron chi connectivity index (χ3n) is 4.73. The average molecular weight is 470 g/mol. The molecule has 0 bridgehead atoms. The van der Waals surface area contributed by atoms with Crippen LogP contribution in [0.5, 0.6) is 0 Å². The highest BCUT2D eigenvalue weighted by molar-refractivity contribution is 6.31. The molecule has 0 saturated carbocycles. The van der Waals surface area contributed by atoms with Crippen molar-refractivity contribution in [2.24, 2.45) is 0 Å². The highest BCUT2D eigenvalue weighted by atomic mass is 35.5. The number of ether oxygens (including phenoxy) is 1. The average Bonchev–Trinajstić information content (AvgIpc) is 3.16. The number of hydrogen-bond donors (Lipinski definition) is 0. The maximum atomic E-state index is 15.3. The van der Waals surface area contributed by atoms with Crippen molar-refractivity contribution in [2.45, 2.75) is 13.8 Å². The van der Waals surface area contributed by atoms with Crippen LogP contribution in [0.4, 0.5) is 4.39 Å². The van der Waals surface area contributed by atoms with Crippen LogP contribution in [0.3, 0.4) is 0 Å². The van der Waals surface area contributed by atoms with E-state index in [1.54, 1.807) is 49.4 Å². The molecule has 2 aromatic carbocycles. The van der Waals surface area contributed by atoms with Gasteiger partial charge < -0.3 is 4.74 Å². The Balaban J connectivity index is 2.14. The summed E-state index contributed by atoms with van der Waals surface area (Å²) in [5, 5.41) is 0.390. The number of esters is 1. The molecule has 4 aromatic rings. The van der Waals surface area contributed by atoms with E-state index in [1.165, 1.54) is 10.6 Å². The first-order chi connectivity index (χ1) is 15.4. The van der Waals surface area contributed by atoms with Gasteiger partial charge in [-0.05, 0) is 50.2 Å². The molecule has 0 fully saturated rings. The molecule has 0 saturated heterocycles. The Bertz CT molecular complexity index is 1320. The van der Waals surface area contributed by atoms with Gasteiger partial charge >= 0.3 is 5.97 Å². The quantitative estimate of drug-likeness (QED) is 0.311. The molecule has 162 valence electrons. The Morgan fingerprint density at radius 1 is 1.06 bits per heavy atom. The summed E-state index contributed by atoms with van der Waals surface area (Å²) in [5.74, 6) is -1.02. The zero-order valence-corrected chi connectivity index (χ0v) is 18.8. The fourth-order valence-electron chi connectivity index (χ4n) is 3.40. The Hall–Kier alpha value is -3.22. The van der Waals surface area contributed by atoms with E-state index < -0.39 is 11.8 Å². The van der Waals surface area contributed by atoms with Gasteiger partial charge in [-0.1, -0.05) is 47.5 Å². The molecule has 0 aliphatic carbocycles. The Labute approximate surface area is 194 Å². The second-order valence-corrected chi connectivity index (χ2v) is 7.78. The number of halogens is 3. The van der Waals surface area contributed by atoms with Crippen LogP contribution in [0.15, 0.2) is 60.7 Å². The maximum absolute atomic E-state index is 15.3. The molecule has 0 amide bonds. The summed E-state index contributed by atoms with van der Waals surface area (Å²) >= 11 is 12.3. The number of aryl methyl sites for hydroxylation is 1. The summed E-state index contributed by atoms with van der Waals surface area (Å²) < 4.78 is 22.0. The summed E-state index contributed by atoms with van der Waals surface area (Å²) in [5.41, 5.74) is 2.23. The first-order valence-corrected chi connectivity index (χ1v) is 10.6. The van der Waals surface area contributed by atoms with Crippen molar-refractivity contribution in [3.05, 3.63) is 87.9 Å². The minimum absolute atomic E-state index is 0.0202. The van der Waals surface area contributed by atoms with Gasteiger partial charge in [-0.25, -0.2) is 19.2 Å². The lowest BCUT2D eigenvalue weighted by atomic mass is 10.1. The lowest BCUT2D eigenvalue weighted by molar-refractivity contribution is 0.0521. The second-order valence-electron chi connectivity index (χ2n) is 6.94. The van der Waals surface area contributed by atoms with Crippen LogP contribution in [-0.2, 0) is 4.74 Å². The lowest BCUT2D eigenvalue weighted by Crippen LogP contribution is -2.08. The van der Waals surface area contributed by atoms with Gasteiger partial charge in [0.25, 0.3) is 0 Å². The van der Waals surface area contributed by atoms with Gasteiger partial charge in [0.2, 0.25) is 0 Å². The van der Waals surface area contributed by atoms with E-state index in [2.05, 4.69) is 9.97 Å². The van der Waals surface area contributed by atoms with Gasteiger partial charge in [0.1, 0.15) is 5.69 Å². The van der Waals surface area contributed by atoms with E-state index >= 15 is 4.39 Å². The van der Waals surface area contributed by atoms with Gasteiger partial charge in [0.05, 0.1) is 23.0 Å². The highest BCUT2D eigenvalue weighted by Gasteiger charge is 2.28. The topological polar surface area (TPSA) is 57.0 Å². The molecule has 8 heteroatoms. The van der Waals surface area contributed by atoms with E-state index in [0.29, 0.717) is 22.0 Å². The smallest absolute Gasteiger partial charge is 0.359 e. The third kappa shape index (κ3) is 4.11. The van der Waals surface area contributed by atoms with Crippen molar-refractivity contribution >= 4 is 29.2 Å². The van der Waals surface area contributed by atoms with Crippen LogP contribution < -0.4 is 0 Å². The number of pyridine rings is 1. The van der Waals surface area contributed by atoms with Crippen molar-refractivity contribution in [1.29, 1.82) is 0 Å². The van der Waals surface area contributed by atoms with Crippen molar-refractivity contribution in [2.75, 3.05) is 6.61 Å². The number of imidazole rings is 1. The molecule has 4 rings (SSSR count). The minimum Gasteiger partial charge on any atom is -0.461 e. The summed E-state index contributed by atoms with van der Waals surface area (Å²) in [6, 6.07) is 16.9. The Morgan fingerprint density at radius 2 is 1.81 bits per heavy atom. The number of benzene rings is 2. The zero-order chi connectivity index (χ0) is 22.8. The van der Waals surface area contributed by atoms with E-state index in [0.717, 1.165) is 5.69 Å². The Kier molecular flexibility index (Phi) is 6.26. The second kappa shape index (κ2) is 9.10. The molecule has 0 radical (unpaired) electrons. The van der Waals surface area contributed by atoms with Crippen LogP contribution in [-0.4, -0.2) is 27.1 Å². The van der Waals surface area contributed by atoms with Gasteiger partial charge in [-0.2, -0.15) is 0 Å². The van der Waals surface area contributed by atoms with E-state index in [4.69, 9.17) is 27.9 Å². The minimum atomic E-state index is -0.654. The third-order valence-corrected chi connectivity index (χ3v) is 5.26. The first kappa shape index (κ1) is 22.0. The van der Waals surface area contributed by atoms with Crippen LogP contribution in [0.1, 0.15) is 23.1 Å². The molecule has 0 spiro atoms. The molecule has 0 unspecified atom stereocenters. The normalized spacial score (nSPS) is 10.9. The maximum Gasteiger partial charge on any atom is 0.359 e. The fourth-order valence-corrected chi connectivity index (χ4v) is 3.76. The van der Waals surface area contributed by atoms with Crippen molar-refractivity contribution in [1.82, 2.24) is 14.5 Å². The molecule has 5 nitrogen and oxygen atoms in total. The SMILES string of the molecule is CCOC(=O)c1nc(-c2cccc(C)n2)n(-c2cccc(Cl)c2F)c1-c1cccc(Cl)c1. The summed E-state index contributed by atoms with van der Waals surface area (Å²) in [7, 11) is 0. The number of carbonyl (C=O) groups is 1. The zero-order valence-electron chi connectivity index (χ0n) is 17.3. The van der Waals surface area contributed by atoms with E-state index in [-0.39, 0.29) is 28.8 Å². The van der Waals surface area contributed by atoms with Gasteiger partial charge in [0, 0.05) is 16.3 Å². The molecule has 32 heavy (non-hydrogen) atoms. The standard InChI is InChI=1S/C24H18Cl2FN3O2/c1-3-32-24(31)21-22(15-8-5-9-16(25)13-15)30(19-12-6-10-17(26)20(19)27)23(29-21)18-11-4-7-14(2)28-18/h4-13H,3H2,1-2H3. The molecular formula is C24H18Cl2FN3O2. The number of hydrogen-bond acceptors (Lipinski definition) is 4. The molecule has 0 aliphatic rings. The van der Waals surface area contributed by atoms with E-state index in [1.807, 2.05) is 19.1 Å². The van der Waals surface area contributed by atoms with Crippen LogP contribution in [0.2, 0.25) is 10.0 Å². The lowest BCUT2D eigenvalue weighted by Gasteiger charge is -2.14. The number of nitrogens with zero attached hydrogens (tertiary/aromatic N) is 3. The summed E-state index contributed by atoms with van der Waals surface area (Å²) in [6.07, 6.45) is 0. The van der Waals surface area contributed by atoms with Crippen LogP contribution in [0, 0.1) is 12.7 Å². The summed E-state index contributed by atoms with van der Waals surface area (Å²) in [6.45, 7) is 3.69. The van der Waals surface area contributed by atoms with Gasteiger partial charge in [0.15, 0.2) is 17.3 Å². The van der Waals surface area contributed by atoms with Crippen LogP contribution in [0.25, 0.3) is 28.5 Å². The fraction of sp³-hybridized carbons (Fsp3) is 0.125. The van der Waals surface area contributed by atoms with Crippen molar-refractivity contribution in [3.63, 3.8) is 0 Å². The number of rotatable bonds is 5. The van der Waals surface area contributed by atoms with E-state index in [9.17, 15) is 4.79 Å². The van der Waals surface area contributed by atoms with Crippen molar-refractivity contribution in [3.8, 4) is 28.5 Å². The first-order valence-electron chi connectivity index (χ1n) is 9.85. The molecule has 2 heterocycles. The Morgan fingerprint density at radius 3 is 2.53 bits per heavy atom. The predicted molar refractivity (Wildman–Crippen MR) is 123 cm³/mol. The number of aromatic nitrogens is 3. The molecule has 2 aromatic heterocycles. The van der Waals surface area contributed by atoms with Gasteiger partial charge in [-0.3, -0.25) is 4.57 Å². The highest BCUT2D eigenvalue weighted by Crippen LogP contribution is 2.36. The number of carbonyl (C=O) groups excluding carboxylic acids is 1.